The van der Waals surface area contributed by atoms with E-state index in [1.807, 2.05) is 6.92 Å². The van der Waals surface area contributed by atoms with Crippen molar-refractivity contribution in [1.82, 2.24) is 5.32 Å². The Morgan fingerprint density at radius 2 is 2.40 bits per heavy atom. The minimum atomic E-state index is -0.747. The molecule has 1 heterocycles. The average Bonchev–Trinajstić information content (AvgIpc) is 2.58. The third-order valence-corrected chi connectivity index (χ3v) is 3.04. The predicted molar refractivity (Wildman–Crippen MR) is 57.9 cm³/mol. The molecule has 2 N–H and O–H groups in total. The zero-order valence-corrected chi connectivity index (χ0v) is 9.53. The van der Waals surface area contributed by atoms with Gasteiger partial charge in [0.25, 0.3) is 0 Å². The molecule has 0 aromatic rings. The number of aliphatic carboxylic acids is 1. The molecule has 0 saturated carbocycles. The van der Waals surface area contributed by atoms with Gasteiger partial charge in [0.05, 0.1) is 6.10 Å². The van der Waals surface area contributed by atoms with E-state index in [4.69, 9.17) is 9.84 Å². The molecule has 1 aliphatic rings. The monoisotopic (exact) mass is 215 g/mol. The van der Waals surface area contributed by atoms with Crippen LogP contribution in [0.15, 0.2) is 0 Å². The van der Waals surface area contributed by atoms with E-state index < -0.39 is 12.0 Å². The van der Waals surface area contributed by atoms with Crippen molar-refractivity contribution in [2.24, 2.45) is 5.92 Å². The lowest BCUT2D eigenvalue weighted by Crippen LogP contribution is -2.40. The molecule has 0 aromatic carbocycles. The summed E-state index contributed by atoms with van der Waals surface area (Å²) in [4.78, 5) is 10.9. The van der Waals surface area contributed by atoms with Gasteiger partial charge in [-0.1, -0.05) is 13.3 Å². The quantitative estimate of drug-likeness (QED) is 0.700. The summed E-state index contributed by atoms with van der Waals surface area (Å²) in [7, 11) is 0. The molecule has 4 heteroatoms. The van der Waals surface area contributed by atoms with Crippen molar-refractivity contribution in [1.29, 1.82) is 0 Å². The van der Waals surface area contributed by atoms with Crippen molar-refractivity contribution in [3.05, 3.63) is 0 Å². The van der Waals surface area contributed by atoms with E-state index in [0.29, 0.717) is 12.3 Å². The molecule has 4 nitrogen and oxygen atoms in total. The highest BCUT2D eigenvalue weighted by Crippen LogP contribution is 2.19. The lowest BCUT2D eigenvalue weighted by Gasteiger charge is -2.18. The molecule has 0 spiro atoms. The zero-order chi connectivity index (χ0) is 11.3. The summed E-state index contributed by atoms with van der Waals surface area (Å²) in [5, 5.41) is 12.1. The summed E-state index contributed by atoms with van der Waals surface area (Å²) in [6.45, 7) is 5.60. The fourth-order valence-electron chi connectivity index (χ4n) is 1.94. The number of nitrogens with one attached hydrogen (secondary N) is 1. The first-order chi connectivity index (χ1) is 7.15. The van der Waals surface area contributed by atoms with Crippen molar-refractivity contribution in [3.63, 3.8) is 0 Å². The average molecular weight is 215 g/mol. The van der Waals surface area contributed by atoms with Gasteiger partial charge < -0.3 is 15.2 Å². The van der Waals surface area contributed by atoms with Crippen LogP contribution in [-0.4, -0.2) is 36.4 Å². The van der Waals surface area contributed by atoms with Crippen LogP contribution in [-0.2, 0) is 9.53 Å². The Labute approximate surface area is 91.0 Å². The smallest absolute Gasteiger partial charge is 0.320 e. The Bertz CT molecular complexity index is 208. The zero-order valence-electron chi connectivity index (χ0n) is 9.53. The molecular weight excluding hydrogens is 194 g/mol. The first-order valence-electron chi connectivity index (χ1n) is 5.73. The van der Waals surface area contributed by atoms with Crippen LogP contribution >= 0.6 is 0 Å². The van der Waals surface area contributed by atoms with E-state index in [1.165, 1.54) is 0 Å². The van der Waals surface area contributed by atoms with Crippen LogP contribution < -0.4 is 5.32 Å². The number of carboxylic acid groups (broad SMARTS) is 1. The largest absolute Gasteiger partial charge is 0.480 e. The molecule has 0 radical (unpaired) electrons. The van der Waals surface area contributed by atoms with Crippen molar-refractivity contribution in [3.8, 4) is 0 Å². The van der Waals surface area contributed by atoms with E-state index in [9.17, 15) is 4.79 Å². The maximum Gasteiger partial charge on any atom is 0.320 e. The van der Waals surface area contributed by atoms with Crippen molar-refractivity contribution in [2.75, 3.05) is 13.2 Å². The van der Waals surface area contributed by atoms with Crippen LogP contribution in [0, 0.1) is 5.92 Å². The number of hydrogen-bond acceptors (Lipinski definition) is 3. The van der Waals surface area contributed by atoms with Gasteiger partial charge >= 0.3 is 5.97 Å². The van der Waals surface area contributed by atoms with Crippen molar-refractivity contribution >= 4 is 5.97 Å². The molecule has 15 heavy (non-hydrogen) atoms. The first-order valence-corrected chi connectivity index (χ1v) is 5.73. The molecule has 1 aliphatic heterocycles. The van der Waals surface area contributed by atoms with Gasteiger partial charge in [0.2, 0.25) is 0 Å². The number of hydrogen-bond donors (Lipinski definition) is 2. The molecule has 88 valence electrons. The summed E-state index contributed by atoms with van der Waals surface area (Å²) in [5.41, 5.74) is 0. The second-order valence-electron chi connectivity index (χ2n) is 4.21. The maximum absolute atomic E-state index is 10.9. The highest BCUT2D eigenvalue weighted by atomic mass is 16.5. The highest BCUT2D eigenvalue weighted by molar-refractivity contribution is 5.73. The van der Waals surface area contributed by atoms with Crippen LogP contribution in [0.1, 0.15) is 33.1 Å². The fourth-order valence-corrected chi connectivity index (χ4v) is 1.94. The van der Waals surface area contributed by atoms with Gasteiger partial charge in [-0.2, -0.15) is 0 Å². The highest BCUT2D eigenvalue weighted by Gasteiger charge is 2.25. The van der Waals surface area contributed by atoms with Gasteiger partial charge in [0.15, 0.2) is 0 Å². The standard InChI is InChI=1S/C11H21NO3/c1-3-4-10(11(13)14)12-7-9-5-6-15-8(9)2/h8-10,12H,3-7H2,1-2H3,(H,13,14). The summed E-state index contributed by atoms with van der Waals surface area (Å²) in [5.74, 6) is -0.285. The number of rotatable bonds is 6. The molecule has 0 amide bonds. The van der Waals surface area contributed by atoms with Crippen LogP contribution in [0.3, 0.4) is 0 Å². The van der Waals surface area contributed by atoms with Gasteiger partial charge in [-0.25, -0.2) is 0 Å². The lowest BCUT2D eigenvalue weighted by atomic mass is 10.0. The third-order valence-electron chi connectivity index (χ3n) is 3.04. The van der Waals surface area contributed by atoms with E-state index in [1.54, 1.807) is 0 Å². The van der Waals surface area contributed by atoms with Crippen LogP contribution in [0.2, 0.25) is 0 Å². The number of carboxylic acids is 1. The first kappa shape index (κ1) is 12.5. The molecule has 1 saturated heterocycles. The SMILES string of the molecule is CCCC(NCC1CCOC1C)C(=O)O. The predicted octanol–water partition coefficient (Wildman–Crippen LogP) is 1.25. The van der Waals surface area contributed by atoms with E-state index in [0.717, 1.165) is 26.0 Å². The van der Waals surface area contributed by atoms with Crippen LogP contribution in [0.5, 0.6) is 0 Å². The molecule has 0 bridgehead atoms. The van der Waals surface area contributed by atoms with Gasteiger partial charge in [-0.05, 0) is 25.7 Å². The van der Waals surface area contributed by atoms with Gasteiger partial charge in [0, 0.05) is 13.2 Å². The second-order valence-corrected chi connectivity index (χ2v) is 4.21. The Morgan fingerprint density at radius 3 is 2.87 bits per heavy atom. The summed E-state index contributed by atoms with van der Waals surface area (Å²) in [6, 6.07) is -0.400. The minimum Gasteiger partial charge on any atom is -0.480 e. The summed E-state index contributed by atoms with van der Waals surface area (Å²) < 4.78 is 5.43. The number of ether oxygens (including phenoxy) is 1. The Kier molecular flexibility index (Phi) is 5.05. The van der Waals surface area contributed by atoms with Gasteiger partial charge in [0.1, 0.15) is 6.04 Å². The van der Waals surface area contributed by atoms with E-state index in [-0.39, 0.29) is 6.10 Å². The normalized spacial score (nSPS) is 27.9. The van der Waals surface area contributed by atoms with Gasteiger partial charge in [-0.15, -0.1) is 0 Å². The third kappa shape index (κ3) is 3.80. The molecule has 0 aromatic heterocycles. The minimum absolute atomic E-state index is 0.258. The molecular formula is C11H21NO3. The van der Waals surface area contributed by atoms with E-state index in [2.05, 4.69) is 12.2 Å². The Hall–Kier alpha value is -0.610. The summed E-state index contributed by atoms with van der Waals surface area (Å²) >= 11 is 0. The molecule has 1 rings (SSSR count). The topological polar surface area (TPSA) is 58.6 Å². The van der Waals surface area contributed by atoms with Crippen molar-refractivity contribution < 1.29 is 14.6 Å². The molecule has 3 unspecified atom stereocenters. The Balaban J connectivity index is 2.29. The second kappa shape index (κ2) is 6.08. The molecule has 0 aliphatic carbocycles. The van der Waals surface area contributed by atoms with E-state index >= 15 is 0 Å². The maximum atomic E-state index is 10.9. The van der Waals surface area contributed by atoms with Crippen molar-refractivity contribution in [2.45, 2.75) is 45.3 Å². The lowest BCUT2D eigenvalue weighted by molar-refractivity contribution is -0.139. The molecule has 3 atom stereocenters. The number of carbonyl (C=O) groups is 1. The summed E-state index contributed by atoms with van der Waals surface area (Å²) in [6.07, 6.45) is 2.87. The van der Waals surface area contributed by atoms with Gasteiger partial charge in [-0.3, -0.25) is 4.79 Å². The van der Waals surface area contributed by atoms with Crippen LogP contribution in [0.25, 0.3) is 0 Å². The molecule has 1 fully saturated rings. The van der Waals surface area contributed by atoms with Crippen LogP contribution in [0.4, 0.5) is 0 Å². The fraction of sp³-hybridized carbons (Fsp3) is 0.909. The Morgan fingerprint density at radius 1 is 1.67 bits per heavy atom.